The molecule has 0 saturated carbocycles. The molecule has 75 heavy (non-hydrogen) atoms. The Morgan fingerprint density at radius 1 is 0.760 bits per heavy atom. The van der Waals surface area contributed by atoms with Gasteiger partial charge in [-0.15, -0.1) is 0 Å². The minimum atomic E-state index is -4.53. The molecule has 2 amide bonds. The molecule has 4 aromatic heterocycles. The summed E-state index contributed by atoms with van der Waals surface area (Å²) in [5.74, 6) is 2.95. The fourth-order valence-electron chi connectivity index (χ4n) is 6.96. The van der Waals surface area contributed by atoms with Gasteiger partial charge in [0.05, 0.1) is 75.5 Å². The van der Waals surface area contributed by atoms with Gasteiger partial charge in [-0.2, -0.15) is 60.1 Å². The molecule has 0 bridgehead atoms. The molecule has 0 spiro atoms. The molecule has 0 fully saturated rings. The number of rotatable bonds is 15. The van der Waals surface area contributed by atoms with Crippen LogP contribution in [-0.4, -0.2) is 88.3 Å². The minimum absolute atomic E-state index is 0. The molecule has 2 aromatic carbocycles. The maximum atomic E-state index is 13.2. The average Bonchev–Trinajstić information content (AvgIpc) is 4.00. The normalized spacial score (nSPS) is 13.3. The smallest absolute Gasteiger partial charge is 0.403 e. The summed E-state index contributed by atoms with van der Waals surface area (Å²) < 4.78 is 85.5. The lowest BCUT2D eigenvalue weighted by Gasteiger charge is -2.17. The first kappa shape index (κ1) is 61.8. The monoisotopic (exact) mass is 1210 g/mol. The van der Waals surface area contributed by atoms with E-state index in [9.17, 15) is 40.7 Å². The van der Waals surface area contributed by atoms with Crippen molar-refractivity contribution in [2.75, 3.05) is 34.1 Å². The SMILES string of the molecule is C.CCSC[C@H](C)N=C1OC(=O)c2cccc(Br)c21.CCSC[C@H](C)NC(=O)c1c(Br)cccc1C(=O)Nc1ccc(Cn2nc(C(F)(F)F)cc2C)nc1C.Cc1nc(Cn2nc(C(F)(F)F)cc2C)ccc1N. The average molecular weight is 1210 g/mol. The van der Waals surface area contributed by atoms with E-state index in [0.29, 0.717) is 61.5 Å². The number of hydrogen-bond donors (Lipinski definition) is 3. The summed E-state index contributed by atoms with van der Waals surface area (Å²) in [5.41, 5.74) is 9.54. The van der Waals surface area contributed by atoms with Crippen molar-refractivity contribution < 1.29 is 45.5 Å². The second kappa shape index (κ2) is 27.4. The van der Waals surface area contributed by atoms with E-state index in [-0.39, 0.29) is 55.6 Å². The molecule has 24 heteroatoms. The van der Waals surface area contributed by atoms with E-state index < -0.39 is 29.6 Å². The molecule has 5 heterocycles. The number of carbonyl (C=O) groups excluding carboxylic acids is 3. The summed E-state index contributed by atoms with van der Waals surface area (Å²) in [6, 6.07) is 19.1. The molecule has 4 N–H and O–H groups in total. The quantitative estimate of drug-likeness (QED) is 0.0657. The summed E-state index contributed by atoms with van der Waals surface area (Å²) >= 11 is 10.4. The number of nitrogens with zero attached hydrogens (tertiary/aromatic N) is 7. The molecule has 7 rings (SSSR count). The number of fused-ring (bicyclic) bond motifs is 1. The topological polar surface area (TPSA) is 184 Å². The number of halogens is 8. The van der Waals surface area contributed by atoms with Crippen LogP contribution in [0.4, 0.5) is 37.7 Å². The summed E-state index contributed by atoms with van der Waals surface area (Å²) in [7, 11) is 0. The maximum Gasteiger partial charge on any atom is 0.435 e. The van der Waals surface area contributed by atoms with Gasteiger partial charge in [-0.05, 0) is 146 Å². The Bertz CT molecular complexity index is 3000. The largest absolute Gasteiger partial charge is 0.435 e. The second-order valence-corrected chi connectivity index (χ2v) is 21.1. The van der Waals surface area contributed by atoms with E-state index in [1.807, 2.05) is 44.7 Å². The highest BCUT2D eigenvalue weighted by atomic mass is 79.9. The Labute approximate surface area is 457 Å². The molecule has 1 aliphatic rings. The molecule has 0 saturated heterocycles. The zero-order chi connectivity index (χ0) is 54.7. The molecular formula is C51H58Br2F6N10O4S2. The van der Waals surface area contributed by atoms with Crippen LogP contribution in [0.2, 0.25) is 0 Å². The van der Waals surface area contributed by atoms with Crippen LogP contribution in [0.3, 0.4) is 0 Å². The summed E-state index contributed by atoms with van der Waals surface area (Å²) in [6.45, 7) is 14.9. The zero-order valence-electron chi connectivity index (χ0n) is 41.5. The van der Waals surface area contributed by atoms with E-state index in [0.717, 1.165) is 45.2 Å². The molecule has 2 atom stereocenters. The van der Waals surface area contributed by atoms with Gasteiger partial charge in [0.1, 0.15) is 0 Å². The predicted octanol–water partition coefficient (Wildman–Crippen LogP) is 12.5. The Hall–Kier alpha value is -5.72. The number of aromatic nitrogens is 6. The number of cyclic esters (lactones) is 1. The molecular weight excluding hydrogens is 1150 g/mol. The van der Waals surface area contributed by atoms with Crippen molar-refractivity contribution in [3.8, 4) is 0 Å². The van der Waals surface area contributed by atoms with Crippen molar-refractivity contribution >= 4 is 90.4 Å². The number of aryl methyl sites for hydroxylation is 4. The number of alkyl halides is 6. The van der Waals surface area contributed by atoms with Crippen LogP contribution in [-0.2, 0) is 30.2 Å². The standard InChI is InChI=1S/C25H27BrF3N5O2S.C13H14BrNO2S.C12H13F3N4.CH4/c1-5-37-13-14(2)30-24(36)22-18(7-6-8-19(22)26)23(35)32-20-10-9-17(31-16(20)4)12-34-15(3)11-21(33-34)25(27,28)29;1-3-18-7-8(2)15-12-11-9(13(16)17-12)5-4-6-10(11)14;1-7-5-11(12(13,14)15)18-19(7)6-9-3-4-10(16)8(2)17-9;/h6-11,14H,5,12-13H2,1-4H3,(H,30,36)(H,32,35);4-6,8H,3,7H2,1-2H3;3-5H,6,16H2,1-2H3;1H4/t14-;8-;;/m00../s1. The Morgan fingerprint density at radius 2 is 1.29 bits per heavy atom. The van der Waals surface area contributed by atoms with Gasteiger partial charge < -0.3 is 21.1 Å². The number of carbonyl (C=O) groups is 3. The maximum absolute atomic E-state index is 13.2. The van der Waals surface area contributed by atoms with Gasteiger partial charge in [-0.25, -0.2) is 9.79 Å². The van der Waals surface area contributed by atoms with E-state index in [1.165, 1.54) is 9.36 Å². The van der Waals surface area contributed by atoms with Crippen LogP contribution in [0.15, 0.2) is 86.7 Å². The molecule has 0 radical (unpaired) electrons. The van der Waals surface area contributed by atoms with Crippen LogP contribution in [0, 0.1) is 27.7 Å². The number of hydrogen-bond acceptors (Lipinski definition) is 12. The highest BCUT2D eigenvalue weighted by Gasteiger charge is 2.36. The summed E-state index contributed by atoms with van der Waals surface area (Å²) in [5, 5.41) is 12.9. The van der Waals surface area contributed by atoms with Crippen LogP contribution < -0.4 is 16.4 Å². The van der Waals surface area contributed by atoms with Crippen LogP contribution in [0.5, 0.6) is 0 Å². The number of amides is 2. The van der Waals surface area contributed by atoms with Crippen molar-refractivity contribution in [3.05, 3.63) is 150 Å². The van der Waals surface area contributed by atoms with Crippen molar-refractivity contribution in [1.82, 2.24) is 34.8 Å². The summed E-state index contributed by atoms with van der Waals surface area (Å²) in [4.78, 5) is 50.9. The third-order valence-electron chi connectivity index (χ3n) is 10.7. The second-order valence-electron chi connectivity index (χ2n) is 16.7. The first-order chi connectivity index (χ1) is 34.8. The van der Waals surface area contributed by atoms with E-state index in [2.05, 4.69) is 74.6 Å². The number of esters is 1. The number of nitrogens with two attached hydrogens (primary N) is 1. The lowest BCUT2D eigenvalue weighted by molar-refractivity contribution is -0.142. The van der Waals surface area contributed by atoms with Gasteiger partial charge in [-0.3, -0.25) is 28.9 Å². The third-order valence-corrected chi connectivity index (χ3v) is 14.3. The van der Waals surface area contributed by atoms with Crippen molar-refractivity contribution in [3.63, 3.8) is 0 Å². The Kier molecular flexibility index (Phi) is 22.6. The number of benzene rings is 2. The van der Waals surface area contributed by atoms with Gasteiger partial charge >= 0.3 is 18.3 Å². The fraction of sp³-hybridized carbons (Fsp3) is 0.373. The number of nitrogen functional groups attached to an aromatic ring is 1. The van der Waals surface area contributed by atoms with Crippen LogP contribution >= 0.6 is 55.4 Å². The number of nitrogens with one attached hydrogen (secondary N) is 2. The molecule has 0 unspecified atom stereocenters. The van der Waals surface area contributed by atoms with Crippen molar-refractivity contribution in [2.45, 2.75) is 100 Å². The number of thioether (sulfide) groups is 2. The van der Waals surface area contributed by atoms with E-state index in [4.69, 9.17) is 10.5 Å². The van der Waals surface area contributed by atoms with Gasteiger partial charge in [0, 0.05) is 37.9 Å². The molecule has 0 aliphatic carbocycles. The van der Waals surface area contributed by atoms with Gasteiger partial charge in [0.15, 0.2) is 11.4 Å². The third kappa shape index (κ3) is 17.1. The number of aliphatic imine (C=N–C) groups is 1. The predicted molar refractivity (Wildman–Crippen MR) is 292 cm³/mol. The first-order valence-corrected chi connectivity index (χ1v) is 26.8. The number of ether oxygens (including phenoxy) is 1. The minimum Gasteiger partial charge on any atom is -0.403 e. The van der Waals surface area contributed by atoms with Crippen molar-refractivity contribution in [2.24, 2.45) is 4.99 Å². The first-order valence-electron chi connectivity index (χ1n) is 22.9. The lowest BCUT2D eigenvalue weighted by Crippen LogP contribution is -2.35. The van der Waals surface area contributed by atoms with Gasteiger partial charge in [0.25, 0.3) is 11.8 Å². The molecule has 404 valence electrons. The van der Waals surface area contributed by atoms with Crippen molar-refractivity contribution in [1.29, 1.82) is 0 Å². The van der Waals surface area contributed by atoms with Crippen LogP contribution in [0.25, 0.3) is 0 Å². The number of anilines is 2. The fourth-order valence-corrected chi connectivity index (χ4v) is 9.36. The Balaban J connectivity index is 0.000000268. The Morgan fingerprint density at radius 3 is 1.83 bits per heavy atom. The molecule has 6 aromatic rings. The molecule has 14 nitrogen and oxygen atoms in total. The highest BCUT2D eigenvalue weighted by Crippen LogP contribution is 2.31. The van der Waals surface area contributed by atoms with Gasteiger partial charge in [0.2, 0.25) is 5.90 Å². The summed E-state index contributed by atoms with van der Waals surface area (Å²) in [6.07, 6.45) is -8.96. The number of pyridine rings is 2. The zero-order valence-corrected chi connectivity index (χ0v) is 46.3. The lowest BCUT2D eigenvalue weighted by atomic mass is 10.1. The van der Waals surface area contributed by atoms with E-state index in [1.54, 1.807) is 88.0 Å². The van der Waals surface area contributed by atoms with Gasteiger partial charge in [-0.1, -0.05) is 33.4 Å². The highest BCUT2D eigenvalue weighted by molar-refractivity contribution is 9.10. The van der Waals surface area contributed by atoms with Crippen LogP contribution in [0.1, 0.15) is 117 Å². The molecule has 1 aliphatic heterocycles. The van der Waals surface area contributed by atoms with E-state index >= 15 is 0 Å².